The summed E-state index contributed by atoms with van der Waals surface area (Å²) in [5.41, 5.74) is -1.23. The Labute approximate surface area is 174 Å². The minimum atomic E-state index is -4.67. The molecular formula is C22H25F3N2O3. The minimum Gasteiger partial charge on any atom is -0.493 e. The summed E-state index contributed by atoms with van der Waals surface area (Å²) in [6.07, 6.45) is -4.94. The molecule has 0 aromatic heterocycles. The maximum Gasteiger partial charge on any atom is 0.404 e. The smallest absolute Gasteiger partial charge is 0.404 e. The average molecular weight is 422 g/mol. The van der Waals surface area contributed by atoms with Crippen LogP contribution < -0.4 is 14.4 Å². The van der Waals surface area contributed by atoms with E-state index < -0.39 is 17.5 Å². The van der Waals surface area contributed by atoms with E-state index in [2.05, 4.69) is 0 Å². The van der Waals surface area contributed by atoms with Crippen molar-refractivity contribution >= 4 is 11.6 Å². The van der Waals surface area contributed by atoms with E-state index in [1.54, 1.807) is 17.0 Å². The molecule has 2 aromatic carbocycles. The molecule has 2 aromatic rings. The van der Waals surface area contributed by atoms with Crippen LogP contribution in [0.25, 0.3) is 0 Å². The molecule has 0 N–H and O–H groups in total. The van der Waals surface area contributed by atoms with Gasteiger partial charge in [0.25, 0.3) is 0 Å². The molecule has 0 radical (unpaired) electrons. The number of benzene rings is 2. The molecule has 1 aliphatic rings. The normalized spacial score (nSPS) is 19.5. The molecule has 162 valence electrons. The fourth-order valence-corrected chi connectivity index (χ4v) is 3.86. The lowest BCUT2D eigenvalue weighted by atomic mass is 9.84. The summed E-state index contributed by atoms with van der Waals surface area (Å²) < 4.78 is 53.0. The molecule has 5 nitrogen and oxygen atoms in total. The van der Waals surface area contributed by atoms with Crippen molar-refractivity contribution in [3.8, 4) is 11.5 Å². The molecule has 1 saturated heterocycles. The van der Waals surface area contributed by atoms with E-state index in [1.807, 2.05) is 30.3 Å². The molecule has 0 aliphatic carbocycles. The largest absolute Gasteiger partial charge is 0.493 e. The van der Waals surface area contributed by atoms with E-state index in [-0.39, 0.29) is 19.5 Å². The van der Waals surface area contributed by atoms with Gasteiger partial charge in [0.2, 0.25) is 5.91 Å². The third-order valence-corrected chi connectivity index (χ3v) is 5.61. The van der Waals surface area contributed by atoms with E-state index in [0.29, 0.717) is 23.7 Å². The number of likely N-dealkylation sites (tertiary alicyclic amines) is 1. The Morgan fingerprint density at radius 3 is 2.37 bits per heavy atom. The first-order chi connectivity index (χ1) is 14.2. The van der Waals surface area contributed by atoms with Gasteiger partial charge in [-0.15, -0.1) is 0 Å². The van der Waals surface area contributed by atoms with E-state index in [4.69, 9.17) is 9.47 Å². The van der Waals surface area contributed by atoms with Crippen LogP contribution in [0.3, 0.4) is 0 Å². The Kier molecular flexibility index (Phi) is 6.26. The number of alkyl halides is 3. The van der Waals surface area contributed by atoms with Gasteiger partial charge in [-0.3, -0.25) is 9.69 Å². The molecule has 0 bridgehead atoms. The molecule has 0 saturated carbocycles. The van der Waals surface area contributed by atoms with Gasteiger partial charge in [0.15, 0.2) is 16.9 Å². The molecule has 1 fully saturated rings. The SMILES string of the molecule is COc1ccc(N(C)C(=O)C2(C(F)(F)F)CCN(Cc3ccccc3)C2)cc1OC. The number of hydrogen-bond acceptors (Lipinski definition) is 4. The number of rotatable bonds is 6. The van der Waals surface area contributed by atoms with Gasteiger partial charge in [-0.2, -0.15) is 13.2 Å². The van der Waals surface area contributed by atoms with Crippen LogP contribution in [0.5, 0.6) is 11.5 Å². The van der Waals surface area contributed by atoms with Crippen LogP contribution in [0, 0.1) is 5.41 Å². The Hall–Kier alpha value is -2.74. The Morgan fingerprint density at radius 2 is 1.77 bits per heavy atom. The van der Waals surface area contributed by atoms with Crippen molar-refractivity contribution in [3.63, 3.8) is 0 Å². The zero-order valence-corrected chi connectivity index (χ0v) is 17.2. The second-order valence-electron chi connectivity index (χ2n) is 7.43. The maximum atomic E-state index is 14.2. The lowest BCUT2D eigenvalue weighted by Gasteiger charge is -2.34. The van der Waals surface area contributed by atoms with Crippen molar-refractivity contribution in [2.24, 2.45) is 5.41 Å². The summed E-state index contributed by atoms with van der Waals surface area (Å²) >= 11 is 0. The van der Waals surface area contributed by atoms with Gasteiger partial charge >= 0.3 is 6.18 Å². The number of carbonyl (C=O) groups excluding carboxylic acids is 1. The van der Waals surface area contributed by atoms with Crippen molar-refractivity contribution in [2.75, 3.05) is 39.3 Å². The Balaban J connectivity index is 1.86. The van der Waals surface area contributed by atoms with E-state index >= 15 is 0 Å². The molecule has 1 unspecified atom stereocenters. The van der Waals surface area contributed by atoms with Gasteiger partial charge in [-0.05, 0) is 30.7 Å². The fraction of sp³-hybridized carbons (Fsp3) is 0.409. The summed E-state index contributed by atoms with van der Waals surface area (Å²) in [5, 5.41) is 0. The highest BCUT2D eigenvalue weighted by Gasteiger charge is 2.63. The molecule has 1 atom stereocenters. The van der Waals surface area contributed by atoms with Gasteiger partial charge in [0, 0.05) is 31.9 Å². The second-order valence-corrected chi connectivity index (χ2v) is 7.43. The van der Waals surface area contributed by atoms with Crippen LogP contribution in [-0.2, 0) is 11.3 Å². The summed E-state index contributed by atoms with van der Waals surface area (Å²) in [6.45, 7) is 0.188. The van der Waals surface area contributed by atoms with Gasteiger partial charge in [-0.25, -0.2) is 0 Å². The number of amides is 1. The topological polar surface area (TPSA) is 42.0 Å². The second kappa shape index (κ2) is 8.55. The first-order valence-electron chi connectivity index (χ1n) is 9.55. The summed E-state index contributed by atoms with van der Waals surface area (Å²) in [6, 6.07) is 13.9. The number of halogens is 3. The van der Waals surface area contributed by atoms with Crippen molar-refractivity contribution in [3.05, 3.63) is 54.1 Å². The van der Waals surface area contributed by atoms with Crippen molar-refractivity contribution < 1.29 is 27.4 Å². The van der Waals surface area contributed by atoms with Crippen LogP contribution in [0.1, 0.15) is 12.0 Å². The van der Waals surface area contributed by atoms with Crippen molar-refractivity contribution in [1.82, 2.24) is 4.90 Å². The summed E-state index contributed by atoms with van der Waals surface area (Å²) in [5.74, 6) is -0.201. The Bertz CT molecular complexity index is 889. The van der Waals surface area contributed by atoms with Crippen molar-refractivity contribution in [2.45, 2.75) is 19.1 Å². The highest BCUT2D eigenvalue weighted by Crippen LogP contribution is 2.47. The van der Waals surface area contributed by atoms with E-state index in [0.717, 1.165) is 10.5 Å². The first kappa shape index (κ1) is 22.0. The number of anilines is 1. The molecule has 1 aliphatic heterocycles. The maximum absolute atomic E-state index is 14.2. The standard InChI is InChI=1S/C22H25F3N2O3/c1-26(17-9-10-18(29-2)19(13-17)30-3)20(28)21(22(23,24)25)11-12-27(15-21)14-16-7-5-4-6-8-16/h4-10,13H,11-12,14-15H2,1-3H3. The zero-order chi connectivity index (χ0) is 21.9. The number of hydrogen-bond donors (Lipinski definition) is 0. The van der Waals surface area contributed by atoms with Crippen LogP contribution in [0.15, 0.2) is 48.5 Å². The quantitative estimate of drug-likeness (QED) is 0.702. The lowest BCUT2D eigenvalue weighted by Crippen LogP contribution is -2.53. The predicted octanol–water partition coefficient (Wildman–Crippen LogP) is 4.12. The monoisotopic (exact) mass is 422 g/mol. The highest BCUT2D eigenvalue weighted by molar-refractivity contribution is 5.98. The molecule has 1 heterocycles. The number of ether oxygens (including phenoxy) is 2. The molecule has 30 heavy (non-hydrogen) atoms. The first-order valence-corrected chi connectivity index (χ1v) is 9.55. The summed E-state index contributed by atoms with van der Waals surface area (Å²) in [7, 11) is 4.25. The van der Waals surface area contributed by atoms with Crippen LogP contribution >= 0.6 is 0 Å². The van der Waals surface area contributed by atoms with Gasteiger partial charge < -0.3 is 14.4 Å². The lowest BCUT2D eigenvalue weighted by molar-refractivity contribution is -0.216. The van der Waals surface area contributed by atoms with Gasteiger partial charge in [0.05, 0.1) is 14.2 Å². The highest BCUT2D eigenvalue weighted by atomic mass is 19.4. The Morgan fingerprint density at radius 1 is 1.10 bits per heavy atom. The fourth-order valence-electron chi connectivity index (χ4n) is 3.86. The number of carbonyl (C=O) groups is 1. The minimum absolute atomic E-state index is 0.194. The molecule has 3 rings (SSSR count). The summed E-state index contributed by atoms with van der Waals surface area (Å²) in [4.78, 5) is 15.9. The molecule has 1 amide bonds. The zero-order valence-electron chi connectivity index (χ0n) is 17.2. The third kappa shape index (κ3) is 4.09. The predicted molar refractivity (Wildman–Crippen MR) is 108 cm³/mol. The van der Waals surface area contributed by atoms with Gasteiger partial charge in [-0.1, -0.05) is 30.3 Å². The molecule has 8 heteroatoms. The molecular weight excluding hydrogens is 397 g/mol. The third-order valence-electron chi connectivity index (χ3n) is 5.61. The van der Waals surface area contributed by atoms with E-state index in [9.17, 15) is 18.0 Å². The molecule has 0 spiro atoms. The number of nitrogens with zero attached hydrogens (tertiary/aromatic N) is 2. The van der Waals surface area contributed by atoms with E-state index in [1.165, 1.54) is 27.3 Å². The van der Waals surface area contributed by atoms with Crippen molar-refractivity contribution in [1.29, 1.82) is 0 Å². The average Bonchev–Trinajstić information content (AvgIpc) is 3.18. The van der Waals surface area contributed by atoms with Crippen LogP contribution in [0.4, 0.5) is 18.9 Å². The number of methoxy groups -OCH3 is 2. The van der Waals surface area contributed by atoms with Crippen LogP contribution in [0.2, 0.25) is 0 Å². The van der Waals surface area contributed by atoms with Gasteiger partial charge in [0.1, 0.15) is 0 Å². The van der Waals surface area contributed by atoms with Crippen LogP contribution in [-0.4, -0.2) is 51.3 Å².